The highest BCUT2D eigenvalue weighted by Crippen LogP contribution is 2.38. The zero-order valence-electron chi connectivity index (χ0n) is 16.1. The standard InChI is InChI=1S/C19H32N2O3/c1-12-8-9-13-10-11-14(18(2,3)4)21(13)16(22)15(12)20-17(23)24-19(5,6)7/h8-9,12-15H,10-11H2,1-7H3,(H,20,23)/t12-,13-,14-,15+/m0/s1. The van der Waals surface area contributed by atoms with Gasteiger partial charge in [0.05, 0.1) is 6.04 Å². The molecular formula is C19H32N2O3. The number of amides is 2. The monoisotopic (exact) mass is 336 g/mol. The van der Waals surface area contributed by atoms with Gasteiger partial charge in [-0.2, -0.15) is 0 Å². The number of fused-ring (bicyclic) bond motifs is 1. The van der Waals surface area contributed by atoms with E-state index in [9.17, 15) is 9.59 Å². The van der Waals surface area contributed by atoms with Crippen LogP contribution in [0.2, 0.25) is 0 Å². The van der Waals surface area contributed by atoms with Crippen LogP contribution in [0.1, 0.15) is 61.3 Å². The molecule has 136 valence electrons. The van der Waals surface area contributed by atoms with Gasteiger partial charge in [0.25, 0.3) is 0 Å². The number of rotatable bonds is 1. The molecule has 2 rings (SSSR count). The number of carbonyl (C=O) groups excluding carboxylic acids is 2. The van der Waals surface area contributed by atoms with Crippen LogP contribution in [0.25, 0.3) is 0 Å². The quantitative estimate of drug-likeness (QED) is 0.746. The van der Waals surface area contributed by atoms with E-state index in [0.29, 0.717) is 0 Å². The molecule has 0 aromatic rings. The average Bonchev–Trinajstić information content (AvgIpc) is 2.79. The van der Waals surface area contributed by atoms with Crippen LogP contribution >= 0.6 is 0 Å². The highest BCUT2D eigenvalue weighted by atomic mass is 16.6. The first-order chi connectivity index (χ1) is 10.9. The summed E-state index contributed by atoms with van der Waals surface area (Å²) in [5.41, 5.74) is -0.566. The number of nitrogens with zero attached hydrogens (tertiary/aromatic N) is 1. The number of alkyl carbamates (subject to hydrolysis) is 1. The van der Waals surface area contributed by atoms with Crippen molar-refractivity contribution in [3.8, 4) is 0 Å². The van der Waals surface area contributed by atoms with Crippen molar-refractivity contribution >= 4 is 12.0 Å². The van der Waals surface area contributed by atoms with Crippen LogP contribution in [-0.4, -0.2) is 40.6 Å². The summed E-state index contributed by atoms with van der Waals surface area (Å²) in [7, 11) is 0. The Balaban J connectivity index is 2.21. The molecule has 1 fully saturated rings. The Bertz CT molecular complexity index is 528. The van der Waals surface area contributed by atoms with Gasteiger partial charge in [-0.25, -0.2) is 4.79 Å². The predicted molar refractivity (Wildman–Crippen MR) is 94.6 cm³/mol. The summed E-state index contributed by atoms with van der Waals surface area (Å²) in [5.74, 6) is -0.0583. The number of hydrogen-bond acceptors (Lipinski definition) is 3. The Morgan fingerprint density at radius 3 is 2.33 bits per heavy atom. The third kappa shape index (κ3) is 4.11. The summed E-state index contributed by atoms with van der Waals surface area (Å²) in [5, 5.41) is 2.80. The lowest BCUT2D eigenvalue weighted by atomic mass is 9.84. The Hall–Kier alpha value is -1.52. The molecule has 1 N–H and O–H groups in total. The van der Waals surface area contributed by atoms with Gasteiger partial charge >= 0.3 is 6.09 Å². The molecule has 0 bridgehead atoms. The number of hydrogen-bond donors (Lipinski definition) is 1. The molecule has 4 atom stereocenters. The number of nitrogens with one attached hydrogen (secondary N) is 1. The molecule has 5 heteroatoms. The fourth-order valence-electron chi connectivity index (χ4n) is 3.62. The van der Waals surface area contributed by atoms with Crippen molar-refractivity contribution in [1.82, 2.24) is 10.2 Å². The van der Waals surface area contributed by atoms with Crippen LogP contribution in [-0.2, 0) is 9.53 Å². The summed E-state index contributed by atoms with van der Waals surface area (Å²) in [6, 6.07) is -0.258. The fourth-order valence-corrected chi connectivity index (χ4v) is 3.62. The maximum atomic E-state index is 13.2. The van der Waals surface area contributed by atoms with Crippen LogP contribution < -0.4 is 5.32 Å². The molecule has 2 aliphatic heterocycles. The van der Waals surface area contributed by atoms with Gasteiger partial charge in [-0.05, 0) is 39.0 Å². The molecule has 0 saturated carbocycles. The van der Waals surface area contributed by atoms with E-state index in [1.807, 2.05) is 32.6 Å². The molecule has 0 aliphatic carbocycles. The van der Waals surface area contributed by atoms with Gasteiger partial charge in [-0.15, -0.1) is 0 Å². The van der Waals surface area contributed by atoms with E-state index in [0.717, 1.165) is 12.8 Å². The second kappa shape index (κ2) is 6.41. The average molecular weight is 336 g/mol. The Morgan fingerprint density at radius 2 is 1.79 bits per heavy atom. The second-order valence-electron chi connectivity index (χ2n) is 9.14. The van der Waals surface area contributed by atoms with Crippen molar-refractivity contribution in [2.75, 3.05) is 0 Å². The lowest BCUT2D eigenvalue weighted by Gasteiger charge is -2.38. The van der Waals surface area contributed by atoms with E-state index in [1.165, 1.54) is 0 Å². The Morgan fingerprint density at radius 1 is 1.17 bits per heavy atom. The van der Waals surface area contributed by atoms with Crippen LogP contribution in [0.15, 0.2) is 12.2 Å². The van der Waals surface area contributed by atoms with E-state index in [-0.39, 0.29) is 29.3 Å². The van der Waals surface area contributed by atoms with Gasteiger partial charge in [0, 0.05) is 12.0 Å². The highest BCUT2D eigenvalue weighted by Gasteiger charge is 2.46. The first-order valence-corrected chi connectivity index (χ1v) is 8.90. The summed E-state index contributed by atoms with van der Waals surface area (Å²) in [6.45, 7) is 13.9. The SMILES string of the molecule is C[C@H]1C=C[C@H]2CC[C@@H](C(C)(C)C)N2C(=O)[C@@H]1NC(=O)OC(C)(C)C. The van der Waals surface area contributed by atoms with Gasteiger partial charge in [0.15, 0.2) is 0 Å². The van der Waals surface area contributed by atoms with Gasteiger partial charge in [-0.3, -0.25) is 4.79 Å². The maximum absolute atomic E-state index is 13.2. The molecule has 5 nitrogen and oxygen atoms in total. The first kappa shape index (κ1) is 18.8. The van der Waals surface area contributed by atoms with E-state index in [2.05, 4.69) is 38.2 Å². The first-order valence-electron chi connectivity index (χ1n) is 8.90. The molecule has 2 aliphatic rings. The zero-order valence-corrected chi connectivity index (χ0v) is 16.1. The summed E-state index contributed by atoms with van der Waals surface area (Å²) in [6.07, 6.45) is 5.63. The highest BCUT2D eigenvalue weighted by molar-refractivity contribution is 5.87. The van der Waals surface area contributed by atoms with E-state index in [1.54, 1.807) is 0 Å². The molecule has 24 heavy (non-hydrogen) atoms. The molecule has 0 radical (unpaired) electrons. The van der Waals surface area contributed by atoms with Crippen molar-refractivity contribution in [3.63, 3.8) is 0 Å². The molecular weight excluding hydrogens is 304 g/mol. The lowest BCUT2D eigenvalue weighted by molar-refractivity contribution is -0.138. The van der Waals surface area contributed by atoms with Crippen molar-refractivity contribution in [3.05, 3.63) is 12.2 Å². The zero-order chi connectivity index (χ0) is 18.3. The Labute approximate surface area is 145 Å². The van der Waals surface area contributed by atoms with Crippen LogP contribution in [0.4, 0.5) is 4.79 Å². The van der Waals surface area contributed by atoms with Crippen LogP contribution in [0.3, 0.4) is 0 Å². The van der Waals surface area contributed by atoms with Gasteiger partial charge < -0.3 is 15.0 Å². The fraction of sp³-hybridized carbons (Fsp3) is 0.789. The number of ether oxygens (including phenoxy) is 1. The normalized spacial score (nSPS) is 30.8. The molecule has 0 aromatic heterocycles. The summed E-state index contributed by atoms with van der Waals surface area (Å²) in [4.78, 5) is 27.4. The van der Waals surface area contributed by atoms with Crippen LogP contribution in [0.5, 0.6) is 0 Å². The van der Waals surface area contributed by atoms with Crippen molar-refractivity contribution in [2.45, 2.75) is 85.0 Å². The third-order valence-electron chi connectivity index (χ3n) is 4.78. The predicted octanol–water partition coefficient (Wildman–Crippen LogP) is 3.49. The summed E-state index contributed by atoms with van der Waals surface area (Å²) < 4.78 is 5.34. The third-order valence-corrected chi connectivity index (χ3v) is 4.78. The molecule has 0 aromatic carbocycles. The molecule has 0 unspecified atom stereocenters. The summed E-state index contributed by atoms with van der Waals surface area (Å²) >= 11 is 0. The second-order valence-corrected chi connectivity index (χ2v) is 9.14. The molecule has 2 amide bonds. The topological polar surface area (TPSA) is 58.6 Å². The maximum Gasteiger partial charge on any atom is 0.408 e. The van der Waals surface area contributed by atoms with Crippen LogP contribution in [0, 0.1) is 11.3 Å². The van der Waals surface area contributed by atoms with E-state index in [4.69, 9.17) is 4.74 Å². The van der Waals surface area contributed by atoms with Crippen molar-refractivity contribution in [2.24, 2.45) is 11.3 Å². The smallest absolute Gasteiger partial charge is 0.408 e. The van der Waals surface area contributed by atoms with Gasteiger partial charge in [-0.1, -0.05) is 39.8 Å². The largest absolute Gasteiger partial charge is 0.444 e. The van der Waals surface area contributed by atoms with Gasteiger partial charge in [0.1, 0.15) is 11.6 Å². The molecule has 2 heterocycles. The van der Waals surface area contributed by atoms with E-state index >= 15 is 0 Å². The van der Waals surface area contributed by atoms with Crippen molar-refractivity contribution in [1.29, 1.82) is 0 Å². The molecule has 0 spiro atoms. The lowest BCUT2D eigenvalue weighted by Crippen LogP contribution is -2.55. The number of carbonyl (C=O) groups is 2. The minimum absolute atomic E-state index is 0.000726. The Kier molecular flexibility index (Phi) is 5.03. The minimum Gasteiger partial charge on any atom is -0.444 e. The van der Waals surface area contributed by atoms with E-state index < -0.39 is 17.7 Å². The van der Waals surface area contributed by atoms with Crippen molar-refractivity contribution < 1.29 is 14.3 Å². The minimum atomic E-state index is -0.582. The van der Waals surface area contributed by atoms with Gasteiger partial charge in [0.2, 0.25) is 5.91 Å². The molecule has 1 saturated heterocycles.